The first-order valence-electron chi connectivity index (χ1n) is 3.08. The lowest BCUT2D eigenvalue weighted by atomic mass is 10.3. The van der Waals surface area contributed by atoms with E-state index >= 15 is 0 Å². The van der Waals surface area contributed by atoms with E-state index in [2.05, 4.69) is 0 Å². The van der Waals surface area contributed by atoms with Crippen LogP contribution < -0.4 is 0 Å². The molecule has 2 atom stereocenters. The maximum absolute atomic E-state index is 9.12. The maximum atomic E-state index is 9.12. The van der Waals surface area contributed by atoms with Gasteiger partial charge in [0.05, 0.1) is 6.10 Å². The van der Waals surface area contributed by atoms with Gasteiger partial charge in [0.2, 0.25) is 0 Å². The van der Waals surface area contributed by atoms with E-state index in [1.807, 2.05) is 21.0 Å². The summed E-state index contributed by atoms with van der Waals surface area (Å²) in [5, 5.41) is 9.12. The molecule has 0 fully saturated rings. The minimum Gasteiger partial charge on any atom is -0.390 e. The zero-order chi connectivity index (χ0) is 7.44. The molecule has 2 nitrogen and oxygen atoms in total. The van der Waals surface area contributed by atoms with Gasteiger partial charge >= 0.3 is 0 Å². The summed E-state index contributed by atoms with van der Waals surface area (Å²) in [7, 11) is 3.69. The van der Waals surface area contributed by atoms with E-state index in [0.29, 0.717) is 6.42 Å². The van der Waals surface area contributed by atoms with Crippen LogP contribution in [-0.2, 0) is 0 Å². The van der Waals surface area contributed by atoms with Crippen molar-refractivity contribution in [3.8, 4) is 0 Å². The van der Waals surface area contributed by atoms with E-state index in [1.165, 1.54) is 0 Å². The van der Waals surface area contributed by atoms with Crippen LogP contribution in [0.2, 0.25) is 0 Å². The lowest BCUT2D eigenvalue weighted by molar-refractivity contribution is 0.113. The lowest BCUT2D eigenvalue weighted by Gasteiger charge is -2.21. The average molecular weight is 152 g/mol. The summed E-state index contributed by atoms with van der Waals surface area (Å²) in [6.07, 6.45) is 0.286. The molecule has 0 spiro atoms. The molecule has 0 heterocycles. The fraction of sp³-hybridized carbons (Fsp3) is 1.00. The van der Waals surface area contributed by atoms with Gasteiger partial charge in [-0.05, 0) is 20.5 Å². The van der Waals surface area contributed by atoms with Crippen molar-refractivity contribution < 1.29 is 5.11 Å². The first-order chi connectivity index (χ1) is 4.09. The molecular weight excluding hydrogens is 138 g/mol. The predicted octanol–water partition coefficient (Wildman–Crippen LogP) is 0.884. The zero-order valence-electron chi connectivity index (χ0n) is 6.13. The van der Waals surface area contributed by atoms with Gasteiger partial charge in [0.1, 0.15) is 5.50 Å². The largest absolute Gasteiger partial charge is 0.390 e. The smallest absolute Gasteiger partial charge is 0.111 e. The summed E-state index contributed by atoms with van der Waals surface area (Å²) < 4.78 is 0. The Bertz CT molecular complexity index is 77.5. The maximum Gasteiger partial charge on any atom is 0.111 e. The number of nitrogens with zero attached hydrogens (tertiary/aromatic N) is 1. The van der Waals surface area contributed by atoms with Gasteiger partial charge in [-0.3, -0.25) is 4.90 Å². The minimum atomic E-state index is -0.415. The van der Waals surface area contributed by atoms with Crippen molar-refractivity contribution in [1.82, 2.24) is 4.90 Å². The monoisotopic (exact) mass is 151 g/mol. The van der Waals surface area contributed by atoms with Gasteiger partial charge in [-0.1, -0.05) is 6.92 Å². The average Bonchev–Trinajstić information content (AvgIpc) is 1.84. The number of hydrogen-bond donors (Lipinski definition) is 1. The predicted molar refractivity (Wildman–Crippen MR) is 39.6 cm³/mol. The Morgan fingerprint density at radius 1 is 1.56 bits per heavy atom. The van der Waals surface area contributed by atoms with Crippen molar-refractivity contribution in [2.75, 3.05) is 14.1 Å². The fourth-order valence-electron chi connectivity index (χ4n) is 0.539. The second-order valence-corrected chi connectivity index (χ2v) is 2.76. The zero-order valence-corrected chi connectivity index (χ0v) is 6.89. The van der Waals surface area contributed by atoms with E-state index < -0.39 is 6.10 Å². The Morgan fingerprint density at radius 2 is 2.00 bits per heavy atom. The highest BCUT2D eigenvalue weighted by molar-refractivity contribution is 6.20. The number of rotatable bonds is 3. The summed E-state index contributed by atoms with van der Waals surface area (Å²) in [6, 6.07) is 0. The van der Waals surface area contributed by atoms with Crippen molar-refractivity contribution in [2.24, 2.45) is 0 Å². The van der Waals surface area contributed by atoms with Crippen LogP contribution in [0.5, 0.6) is 0 Å². The van der Waals surface area contributed by atoms with Crippen molar-refractivity contribution in [3.05, 3.63) is 0 Å². The van der Waals surface area contributed by atoms with Crippen LogP contribution in [0.15, 0.2) is 0 Å². The Balaban J connectivity index is 3.58. The van der Waals surface area contributed by atoms with Crippen LogP contribution in [0.4, 0.5) is 0 Å². The van der Waals surface area contributed by atoms with Gasteiger partial charge < -0.3 is 5.11 Å². The molecule has 0 amide bonds. The molecule has 0 saturated heterocycles. The molecule has 1 N–H and O–H groups in total. The Hall–Kier alpha value is 0.210. The Labute approximate surface area is 61.4 Å². The summed E-state index contributed by atoms with van der Waals surface area (Å²) >= 11 is 5.74. The number of aliphatic hydroxyl groups is 1. The van der Waals surface area contributed by atoms with Crippen LogP contribution in [-0.4, -0.2) is 35.7 Å². The van der Waals surface area contributed by atoms with Crippen molar-refractivity contribution in [3.63, 3.8) is 0 Å². The number of alkyl halides is 1. The standard InChI is InChI=1S/C6H14ClNO/c1-4-5(9)6(7)8(2)3/h5-6,9H,4H2,1-3H3. The highest BCUT2D eigenvalue weighted by Crippen LogP contribution is 2.07. The van der Waals surface area contributed by atoms with Crippen LogP contribution >= 0.6 is 11.6 Å². The van der Waals surface area contributed by atoms with Crippen molar-refractivity contribution >= 4 is 11.6 Å². The van der Waals surface area contributed by atoms with E-state index in [4.69, 9.17) is 16.7 Å². The molecule has 0 aliphatic heterocycles. The lowest BCUT2D eigenvalue weighted by Crippen LogP contribution is -2.33. The topological polar surface area (TPSA) is 23.5 Å². The summed E-state index contributed by atoms with van der Waals surface area (Å²) in [5.74, 6) is 0. The number of likely N-dealkylation sites (N-methyl/N-ethyl adjacent to an activating group) is 1. The molecule has 0 saturated carbocycles. The van der Waals surface area contributed by atoms with Gasteiger partial charge in [-0.2, -0.15) is 0 Å². The molecular formula is C6H14ClNO. The first kappa shape index (κ1) is 9.21. The van der Waals surface area contributed by atoms with Gasteiger partial charge in [0, 0.05) is 0 Å². The summed E-state index contributed by atoms with van der Waals surface area (Å²) in [4.78, 5) is 1.79. The van der Waals surface area contributed by atoms with Crippen LogP contribution in [0.1, 0.15) is 13.3 Å². The molecule has 0 rings (SSSR count). The second-order valence-electron chi connectivity index (χ2n) is 2.31. The molecule has 0 aromatic carbocycles. The van der Waals surface area contributed by atoms with Crippen molar-refractivity contribution in [2.45, 2.75) is 24.9 Å². The number of halogens is 1. The number of hydrogen-bond acceptors (Lipinski definition) is 2. The third kappa shape index (κ3) is 3.04. The Morgan fingerprint density at radius 3 is 2.11 bits per heavy atom. The van der Waals surface area contributed by atoms with E-state index in [0.717, 1.165) is 0 Å². The van der Waals surface area contributed by atoms with Gasteiger partial charge in [0.15, 0.2) is 0 Å². The third-order valence-corrected chi connectivity index (χ3v) is 1.91. The third-order valence-electron chi connectivity index (χ3n) is 1.23. The molecule has 56 valence electrons. The highest BCUT2D eigenvalue weighted by Gasteiger charge is 2.15. The summed E-state index contributed by atoms with van der Waals surface area (Å²) in [5.41, 5.74) is -0.255. The van der Waals surface area contributed by atoms with Crippen LogP contribution in [0.25, 0.3) is 0 Å². The molecule has 0 bridgehead atoms. The molecule has 0 radical (unpaired) electrons. The van der Waals surface area contributed by atoms with Gasteiger partial charge in [-0.15, -0.1) is 11.6 Å². The molecule has 0 aliphatic carbocycles. The van der Waals surface area contributed by atoms with Crippen LogP contribution in [0, 0.1) is 0 Å². The second kappa shape index (κ2) is 4.09. The molecule has 3 heteroatoms. The Kier molecular flexibility index (Phi) is 4.19. The van der Waals surface area contributed by atoms with Gasteiger partial charge in [0.25, 0.3) is 0 Å². The van der Waals surface area contributed by atoms with Crippen LogP contribution in [0.3, 0.4) is 0 Å². The van der Waals surface area contributed by atoms with Crippen molar-refractivity contribution in [1.29, 1.82) is 0 Å². The molecule has 0 aromatic rings. The number of aliphatic hydroxyl groups excluding tert-OH is 1. The normalized spacial score (nSPS) is 18.0. The SMILES string of the molecule is CCC(O)C(Cl)N(C)C. The minimum absolute atomic E-state index is 0.255. The molecule has 2 unspecified atom stereocenters. The molecule has 0 aromatic heterocycles. The van der Waals surface area contributed by atoms with E-state index in [-0.39, 0.29) is 5.50 Å². The van der Waals surface area contributed by atoms with E-state index in [1.54, 1.807) is 4.90 Å². The highest BCUT2D eigenvalue weighted by atomic mass is 35.5. The molecule has 9 heavy (non-hydrogen) atoms. The first-order valence-corrected chi connectivity index (χ1v) is 3.51. The summed E-state index contributed by atoms with van der Waals surface area (Å²) in [6.45, 7) is 1.91. The van der Waals surface area contributed by atoms with Gasteiger partial charge in [-0.25, -0.2) is 0 Å². The fourth-order valence-corrected chi connectivity index (χ4v) is 0.717. The quantitative estimate of drug-likeness (QED) is 0.478. The van der Waals surface area contributed by atoms with E-state index in [9.17, 15) is 0 Å². The molecule has 0 aliphatic rings.